The van der Waals surface area contributed by atoms with E-state index in [0.29, 0.717) is 0 Å². The van der Waals surface area contributed by atoms with Crippen LogP contribution in [0.5, 0.6) is 0 Å². The van der Waals surface area contributed by atoms with E-state index < -0.39 is 11.5 Å². The van der Waals surface area contributed by atoms with Crippen LogP contribution in [-0.2, 0) is 0 Å². The predicted octanol–water partition coefficient (Wildman–Crippen LogP) is 2.43. The van der Waals surface area contributed by atoms with Crippen LogP contribution in [0.15, 0.2) is 24.3 Å². The Kier molecular flexibility index (Phi) is 2.66. The molecule has 0 heterocycles. The number of nitrogens with zero attached hydrogens (tertiary/aromatic N) is 1. The fraction of sp³-hybridized carbons (Fsp3) is 0.273. The lowest BCUT2D eigenvalue weighted by atomic mass is 9.97. The van der Waals surface area contributed by atoms with Crippen LogP contribution in [0, 0.1) is 18.3 Å². The second-order valence-corrected chi connectivity index (χ2v) is 3.31. The van der Waals surface area contributed by atoms with E-state index in [9.17, 15) is 9.18 Å². The van der Waals surface area contributed by atoms with Crippen LogP contribution in [0.2, 0.25) is 0 Å². The Morgan fingerprint density at radius 3 is 2.36 bits per heavy atom. The zero-order valence-electron chi connectivity index (χ0n) is 8.04. The van der Waals surface area contributed by atoms with E-state index in [2.05, 4.69) is 0 Å². The van der Waals surface area contributed by atoms with E-state index in [0.717, 1.165) is 12.5 Å². The minimum Gasteiger partial charge on any atom is -0.289 e. The number of nitriles is 1. The zero-order valence-corrected chi connectivity index (χ0v) is 8.04. The first-order valence-electron chi connectivity index (χ1n) is 4.19. The summed E-state index contributed by atoms with van der Waals surface area (Å²) < 4.78 is 13.3. The Balaban J connectivity index is 3.03. The number of aryl methyl sites for hydroxylation is 1. The number of benzene rings is 1. The maximum atomic E-state index is 13.3. The average Bonchev–Trinajstić information content (AvgIpc) is 2.18. The quantitative estimate of drug-likeness (QED) is 0.673. The summed E-state index contributed by atoms with van der Waals surface area (Å²) in [5.41, 5.74) is -1.23. The van der Waals surface area contributed by atoms with Gasteiger partial charge in [-0.1, -0.05) is 29.8 Å². The monoisotopic (exact) mass is 191 g/mol. The molecule has 14 heavy (non-hydrogen) atoms. The van der Waals surface area contributed by atoms with Gasteiger partial charge in [-0.15, -0.1) is 0 Å². The summed E-state index contributed by atoms with van der Waals surface area (Å²) in [6, 6.07) is 7.80. The third kappa shape index (κ3) is 1.97. The summed E-state index contributed by atoms with van der Waals surface area (Å²) in [5, 5.41) is 8.43. The lowest BCUT2D eigenvalue weighted by Crippen LogP contribution is -2.28. The van der Waals surface area contributed by atoms with Gasteiger partial charge < -0.3 is 0 Å². The molecule has 0 aliphatic carbocycles. The van der Waals surface area contributed by atoms with Crippen LogP contribution in [0.25, 0.3) is 0 Å². The van der Waals surface area contributed by atoms with E-state index in [-0.39, 0.29) is 5.56 Å². The summed E-state index contributed by atoms with van der Waals surface area (Å²) in [5.74, 6) is -0.792. The minimum absolute atomic E-state index is 0.224. The van der Waals surface area contributed by atoms with Crippen molar-refractivity contribution in [3.05, 3.63) is 35.4 Å². The fourth-order valence-corrected chi connectivity index (χ4v) is 1.03. The van der Waals surface area contributed by atoms with Gasteiger partial charge in [0.25, 0.3) is 5.67 Å². The molecular formula is C11H10FNO. The van der Waals surface area contributed by atoms with Gasteiger partial charge in [0.2, 0.25) is 5.78 Å². The summed E-state index contributed by atoms with van der Waals surface area (Å²) in [4.78, 5) is 11.4. The van der Waals surface area contributed by atoms with Crippen LogP contribution < -0.4 is 0 Å². The highest BCUT2D eigenvalue weighted by atomic mass is 19.1. The number of Topliss-reactive ketones (excluding diaryl/α,β-unsaturated/α-hetero) is 1. The van der Waals surface area contributed by atoms with E-state index in [1.807, 2.05) is 6.92 Å². The van der Waals surface area contributed by atoms with Gasteiger partial charge in [0, 0.05) is 5.56 Å². The predicted molar refractivity (Wildman–Crippen MR) is 50.6 cm³/mol. The Hall–Kier alpha value is -1.69. The lowest BCUT2D eigenvalue weighted by Gasteiger charge is -2.09. The number of halogens is 1. The smallest absolute Gasteiger partial charge is 0.255 e. The lowest BCUT2D eigenvalue weighted by molar-refractivity contribution is 0.0817. The Morgan fingerprint density at radius 2 is 1.93 bits per heavy atom. The van der Waals surface area contributed by atoms with Crippen molar-refractivity contribution in [2.45, 2.75) is 19.5 Å². The number of alkyl halides is 1. The molecule has 1 aromatic rings. The van der Waals surface area contributed by atoms with Crippen molar-refractivity contribution in [3.63, 3.8) is 0 Å². The van der Waals surface area contributed by atoms with Gasteiger partial charge >= 0.3 is 0 Å². The van der Waals surface area contributed by atoms with Crippen LogP contribution in [0.4, 0.5) is 4.39 Å². The van der Waals surface area contributed by atoms with Gasteiger partial charge in [-0.3, -0.25) is 4.79 Å². The van der Waals surface area contributed by atoms with Crippen LogP contribution >= 0.6 is 0 Å². The maximum absolute atomic E-state index is 13.3. The molecule has 72 valence electrons. The second-order valence-electron chi connectivity index (χ2n) is 3.31. The summed E-state index contributed by atoms with van der Waals surface area (Å²) in [7, 11) is 0. The Morgan fingerprint density at radius 1 is 1.43 bits per heavy atom. The second kappa shape index (κ2) is 3.59. The summed E-state index contributed by atoms with van der Waals surface area (Å²) >= 11 is 0. The molecule has 0 saturated carbocycles. The number of carbonyl (C=O) groups excluding carboxylic acids is 1. The number of rotatable bonds is 2. The van der Waals surface area contributed by atoms with Crippen molar-refractivity contribution in [3.8, 4) is 6.07 Å². The van der Waals surface area contributed by atoms with Gasteiger partial charge in [0.1, 0.15) is 6.07 Å². The van der Waals surface area contributed by atoms with E-state index in [1.165, 1.54) is 18.2 Å². The molecule has 0 aliphatic heterocycles. The van der Waals surface area contributed by atoms with Crippen LogP contribution in [0.3, 0.4) is 0 Å². The molecule has 0 spiro atoms. The first-order chi connectivity index (χ1) is 6.47. The highest BCUT2D eigenvalue weighted by Crippen LogP contribution is 2.17. The van der Waals surface area contributed by atoms with E-state index >= 15 is 0 Å². The normalized spacial score (nSPS) is 14.1. The minimum atomic E-state index is -2.44. The van der Waals surface area contributed by atoms with Crippen LogP contribution in [-0.4, -0.2) is 11.5 Å². The maximum Gasteiger partial charge on any atom is 0.255 e. The Labute approximate surface area is 82.0 Å². The van der Waals surface area contributed by atoms with Crippen molar-refractivity contribution >= 4 is 5.78 Å². The molecule has 0 bridgehead atoms. The average molecular weight is 191 g/mol. The summed E-state index contributed by atoms with van der Waals surface area (Å²) in [6.07, 6.45) is 0. The van der Waals surface area contributed by atoms with Crippen molar-refractivity contribution in [1.29, 1.82) is 5.26 Å². The molecule has 1 aromatic carbocycles. The van der Waals surface area contributed by atoms with Crippen molar-refractivity contribution in [2.75, 3.05) is 0 Å². The molecule has 0 radical (unpaired) electrons. The van der Waals surface area contributed by atoms with Gasteiger partial charge in [0.15, 0.2) is 0 Å². The van der Waals surface area contributed by atoms with Crippen molar-refractivity contribution < 1.29 is 9.18 Å². The number of hydrogen-bond donors (Lipinski definition) is 0. The fourth-order valence-electron chi connectivity index (χ4n) is 1.03. The molecule has 1 rings (SSSR count). The molecule has 0 amide bonds. The van der Waals surface area contributed by atoms with Gasteiger partial charge in [0.05, 0.1) is 0 Å². The first-order valence-corrected chi connectivity index (χ1v) is 4.19. The molecule has 2 nitrogen and oxygen atoms in total. The highest BCUT2D eigenvalue weighted by Gasteiger charge is 2.33. The van der Waals surface area contributed by atoms with E-state index in [1.54, 1.807) is 12.1 Å². The molecule has 0 N–H and O–H groups in total. The molecule has 1 atom stereocenters. The number of hydrogen-bond acceptors (Lipinski definition) is 2. The first kappa shape index (κ1) is 10.4. The standard InChI is InChI=1S/C11H10FNO/c1-8-3-5-9(6-4-8)10(14)11(2,12)7-13/h3-6H,1-2H3. The molecule has 1 unspecified atom stereocenters. The molecule has 0 fully saturated rings. The molecule has 0 aromatic heterocycles. The number of carbonyl (C=O) groups is 1. The van der Waals surface area contributed by atoms with Gasteiger partial charge in [-0.25, -0.2) is 4.39 Å². The summed E-state index contributed by atoms with van der Waals surface area (Å²) in [6.45, 7) is 2.84. The third-order valence-corrected chi connectivity index (χ3v) is 1.95. The van der Waals surface area contributed by atoms with E-state index in [4.69, 9.17) is 5.26 Å². The van der Waals surface area contributed by atoms with Crippen LogP contribution in [0.1, 0.15) is 22.8 Å². The molecular weight excluding hydrogens is 181 g/mol. The topological polar surface area (TPSA) is 40.9 Å². The zero-order chi connectivity index (χ0) is 10.8. The molecule has 3 heteroatoms. The van der Waals surface area contributed by atoms with Gasteiger partial charge in [-0.05, 0) is 13.8 Å². The highest BCUT2D eigenvalue weighted by molar-refractivity contribution is 6.04. The third-order valence-electron chi connectivity index (χ3n) is 1.95. The van der Waals surface area contributed by atoms with Crippen molar-refractivity contribution in [2.24, 2.45) is 0 Å². The molecule has 0 aliphatic rings. The molecule has 0 saturated heterocycles. The number of ketones is 1. The SMILES string of the molecule is Cc1ccc(C(=O)C(C)(F)C#N)cc1. The van der Waals surface area contributed by atoms with Gasteiger partial charge in [-0.2, -0.15) is 5.26 Å². The van der Waals surface area contributed by atoms with Crippen molar-refractivity contribution in [1.82, 2.24) is 0 Å². The largest absolute Gasteiger partial charge is 0.289 e. The Bertz CT molecular complexity index is 387.